The van der Waals surface area contributed by atoms with Crippen LogP contribution in [-0.4, -0.2) is 46.0 Å². The highest BCUT2D eigenvalue weighted by atomic mass is 79.9. The average molecular weight is 424 g/mol. The second-order valence-electron chi connectivity index (χ2n) is 6.77. The number of rotatable bonds is 5. The summed E-state index contributed by atoms with van der Waals surface area (Å²) in [6.07, 6.45) is 4.77. The van der Waals surface area contributed by atoms with E-state index in [2.05, 4.69) is 71.0 Å². The molecule has 0 N–H and O–H groups in total. The summed E-state index contributed by atoms with van der Waals surface area (Å²) in [5.41, 5.74) is 3.52. The van der Waals surface area contributed by atoms with Crippen molar-refractivity contribution in [2.75, 3.05) is 31.1 Å². The minimum Gasteiger partial charge on any atom is -0.338 e. The Hall–Kier alpha value is -2.31. The molecular formula is C21H22BrN5. The average Bonchev–Trinajstić information content (AvgIpc) is 2.70. The largest absolute Gasteiger partial charge is 0.338 e. The summed E-state index contributed by atoms with van der Waals surface area (Å²) in [5.74, 6) is 0.826. The van der Waals surface area contributed by atoms with Gasteiger partial charge in [-0.3, -0.25) is 4.90 Å². The number of hydrogen-bond acceptors (Lipinski definition) is 5. The topological polar surface area (TPSA) is 45.2 Å². The van der Waals surface area contributed by atoms with E-state index < -0.39 is 0 Å². The summed E-state index contributed by atoms with van der Waals surface area (Å²) in [6, 6.07) is 16.5. The Morgan fingerprint density at radius 3 is 2.26 bits per heavy atom. The number of piperazine rings is 1. The summed E-state index contributed by atoms with van der Waals surface area (Å²) >= 11 is 3.44. The van der Waals surface area contributed by atoms with E-state index in [1.165, 1.54) is 5.56 Å². The first-order valence-corrected chi connectivity index (χ1v) is 9.99. The summed E-state index contributed by atoms with van der Waals surface area (Å²) < 4.78 is 0.891. The Labute approximate surface area is 168 Å². The number of pyridine rings is 1. The molecule has 3 heterocycles. The lowest BCUT2D eigenvalue weighted by Crippen LogP contribution is -2.46. The van der Waals surface area contributed by atoms with Crippen LogP contribution in [0.25, 0.3) is 0 Å². The molecule has 0 saturated carbocycles. The molecule has 3 aromatic rings. The molecule has 0 bridgehead atoms. The van der Waals surface area contributed by atoms with Crippen molar-refractivity contribution in [3.05, 3.63) is 82.3 Å². The molecule has 2 aromatic heterocycles. The number of benzene rings is 1. The molecule has 1 fully saturated rings. The van der Waals surface area contributed by atoms with E-state index >= 15 is 0 Å². The first kappa shape index (κ1) is 18.1. The van der Waals surface area contributed by atoms with Gasteiger partial charge in [-0.25, -0.2) is 15.0 Å². The van der Waals surface area contributed by atoms with Crippen molar-refractivity contribution >= 4 is 21.9 Å². The van der Waals surface area contributed by atoms with E-state index in [0.29, 0.717) is 0 Å². The van der Waals surface area contributed by atoms with Crippen molar-refractivity contribution in [3.63, 3.8) is 0 Å². The SMILES string of the molecule is Brc1cccc(CN2CCN(c3ncc(Cc4ccccc4)cn3)CC2)n1. The van der Waals surface area contributed by atoms with Crippen molar-refractivity contribution in [3.8, 4) is 0 Å². The van der Waals surface area contributed by atoms with Crippen LogP contribution in [0.4, 0.5) is 5.95 Å². The predicted molar refractivity (Wildman–Crippen MR) is 111 cm³/mol. The normalized spacial score (nSPS) is 15.1. The second kappa shape index (κ2) is 8.59. The van der Waals surface area contributed by atoms with Gasteiger partial charge in [0.05, 0.1) is 5.69 Å². The van der Waals surface area contributed by atoms with Gasteiger partial charge in [0, 0.05) is 51.5 Å². The molecule has 5 nitrogen and oxygen atoms in total. The quantitative estimate of drug-likeness (QED) is 0.587. The summed E-state index contributed by atoms with van der Waals surface area (Å²) in [6.45, 7) is 4.73. The van der Waals surface area contributed by atoms with Gasteiger partial charge in [0.15, 0.2) is 0 Å². The minimum absolute atomic E-state index is 0.826. The molecule has 1 aliphatic rings. The molecule has 6 heteroatoms. The van der Waals surface area contributed by atoms with E-state index in [1.807, 2.05) is 30.6 Å². The Bertz CT molecular complexity index is 861. The third kappa shape index (κ3) is 4.90. The van der Waals surface area contributed by atoms with Crippen molar-refractivity contribution < 1.29 is 0 Å². The van der Waals surface area contributed by atoms with Crippen LogP contribution in [0.1, 0.15) is 16.8 Å². The van der Waals surface area contributed by atoms with Gasteiger partial charge in [0.1, 0.15) is 4.60 Å². The molecule has 0 spiro atoms. The maximum atomic E-state index is 4.60. The fourth-order valence-corrected chi connectivity index (χ4v) is 3.69. The van der Waals surface area contributed by atoms with Gasteiger partial charge in [-0.2, -0.15) is 0 Å². The Morgan fingerprint density at radius 1 is 0.815 bits per heavy atom. The molecule has 138 valence electrons. The fraction of sp³-hybridized carbons (Fsp3) is 0.286. The van der Waals surface area contributed by atoms with Crippen LogP contribution < -0.4 is 4.90 Å². The van der Waals surface area contributed by atoms with Gasteiger partial charge < -0.3 is 4.90 Å². The molecule has 1 aliphatic heterocycles. The van der Waals surface area contributed by atoms with Crippen molar-refractivity contribution in [1.82, 2.24) is 19.9 Å². The van der Waals surface area contributed by atoms with E-state index in [1.54, 1.807) is 0 Å². The Morgan fingerprint density at radius 2 is 1.56 bits per heavy atom. The van der Waals surface area contributed by atoms with Crippen LogP contribution in [0.15, 0.2) is 65.5 Å². The molecule has 1 aromatic carbocycles. The molecule has 4 rings (SSSR count). The van der Waals surface area contributed by atoms with Crippen molar-refractivity contribution in [2.45, 2.75) is 13.0 Å². The zero-order chi connectivity index (χ0) is 18.5. The lowest BCUT2D eigenvalue weighted by Gasteiger charge is -2.34. The molecular weight excluding hydrogens is 402 g/mol. The number of halogens is 1. The smallest absolute Gasteiger partial charge is 0.225 e. The molecule has 0 radical (unpaired) electrons. The Balaban J connectivity index is 1.31. The molecule has 0 atom stereocenters. The zero-order valence-corrected chi connectivity index (χ0v) is 16.7. The highest BCUT2D eigenvalue weighted by Crippen LogP contribution is 2.15. The molecule has 0 amide bonds. The van der Waals surface area contributed by atoms with E-state index in [4.69, 9.17) is 0 Å². The summed E-state index contributed by atoms with van der Waals surface area (Å²) in [7, 11) is 0. The number of aromatic nitrogens is 3. The number of nitrogens with zero attached hydrogens (tertiary/aromatic N) is 5. The van der Waals surface area contributed by atoms with Gasteiger partial charge in [0.25, 0.3) is 0 Å². The maximum Gasteiger partial charge on any atom is 0.225 e. The van der Waals surface area contributed by atoms with Crippen molar-refractivity contribution in [2.24, 2.45) is 0 Å². The molecule has 1 saturated heterocycles. The monoisotopic (exact) mass is 423 g/mol. The van der Waals surface area contributed by atoms with Gasteiger partial charge in [-0.1, -0.05) is 36.4 Å². The third-order valence-corrected chi connectivity index (χ3v) is 5.20. The lowest BCUT2D eigenvalue weighted by atomic mass is 10.1. The predicted octanol–water partition coefficient (Wildman–Crippen LogP) is 3.55. The van der Waals surface area contributed by atoms with Crippen LogP contribution >= 0.6 is 15.9 Å². The van der Waals surface area contributed by atoms with Crippen LogP contribution in [0.3, 0.4) is 0 Å². The third-order valence-electron chi connectivity index (χ3n) is 4.76. The minimum atomic E-state index is 0.826. The standard InChI is InChI=1S/C21H22BrN5/c22-20-8-4-7-19(25-20)16-26-9-11-27(12-10-26)21-23-14-18(15-24-21)13-17-5-2-1-3-6-17/h1-8,14-15H,9-13,16H2. The lowest BCUT2D eigenvalue weighted by molar-refractivity contribution is 0.246. The zero-order valence-electron chi connectivity index (χ0n) is 15.1. The first-order chi connectivity index (χ1) is 13.3. The summed E-state index contributed by atoms with van der Waals surface area (Å²) in [4.78, 5) is 18.4. The van der Waals surface area contributed by atoms with Crippen LogP contribution in [0.2, 0.25) is 0 Å². The maximum absolute atomic E-state index is 4.60. The molecule has 0 aliphatic carbocycles. The highest BCUT2D eigenvalue weighted by molar-refractivity contribution is 9.10. The number of anilines is 1. The van der Waals surface area contributed by atoms with Gasteiger partial charge in [0.2, 0.25) is 5.95 Å². The van der Waals surface area contributed by atoms with Crippen LogP contribution in [0.5, 0.6) is 0 Å². The number of hydrogen-bond donors (Lipinski definition) is 0. The van der Waals surface area contributed by atoms with Gasteiger partial charge in [-0.15, -0.1) is 0 Å². The fourth-order valence-electron chi connectivity index (χ4n) is 3.31. The van der Waals surface area contributed by atoms with E-state index in [9.17, 15) is 0 Å². The van der Waals surface area contributed by atoms with E-state index in [-0.39, 0.29) is 0 Å². The molecule has 27 heavy (non-hydrogen) atoms. The van der Waals surface area contributed by atoms with Crippen molar-refractivity contribution in [1.29, 1.82) is 0 Å². The van der Waals surface area contributed by atoms with Gasteiger partial charge >= 0.3 is 0 Å². The van der Waals surface area contributed by atoms with Crippen LogP contribution in [-0.2, 0) is 13.0 Å². The molecule has 0 unspecified atom stereocenters. The van der Waals surface area contributed by atoms with Crippen LogP contribution in [0, 0.1) is 0 Å². The van der Waals surface area contributed by atoms with Gasteiger partial charge in [-0.05, 0) is 39.2 Å². The first-order valence-electron chi connectivity index (χ1n) is 9.20. The van der Waals surface area contributed by atoms with E-state index in [0.717, 1.165) is 61.0 Å². The Kier molecular flexibility index (Phi) is 5.75. The second-order valence-corrected chi connectivity index (χ2v) is 7.58. The highest BCUT2D eigenvalue weighted by Gasteiger charge is 2.19. The summed E-state index contributed by atoms with van der Waals surface area (Å²) in [5, 5.41) is 0.